The van der Waals surface area contributed by atoms with Gasteiger partial charge in [-0.05, 0) is 25.0 Å². The summed E-state index contributed by atoms with van der Waals surface area (Å²) >= 11 is 0. The molecule has 0 spiro atoms. The van der Waals surface area contributed by atoms with Crippen LogP contribution in [0.2, 0.25) is 0 Å². The maximum absolute atomic E-state index is 12.0. The third kappa shape index (κ3) is 2.93. The zero-order valence-electron chi connectivity index (χ0n) is 9.30. The van der Waals surface area contributed by atoms with Crippen LogP contribution in [0.25, 0.3) is 0 Å². The van der Waals surface area contributed by atoms with Gasteiger partial charge in [-0.2, -0.15) is 0 Å². The van der Waals surface area contributed by atoms with Crippen molar-refractivity contribution >= 4 is 15.7 Å². The minimum Gasteiger partial charge on any atom is -0.396 e. The molecule has 7 heteroatoms. The Bertz CT molecular complexity index is 483. The van der Waals surface area contributed by atoms with Gasteiger partial charge in [0.05, 0.1) is 5.69 Å². The molecule has 0 unspecified atom stereocenters. The van der Waals surface area contributed by atoms with Gasteiger partial charge >= 0.3 is 0 Å². The van der Waals surface area contributed by atoms with Crippen LogP contribution in [0.4, 0.5) is 5.69 Å². The lowest BCUT2D eigenvalue weighted by molar-refractivity contribution is 0.0832. The van der Waals surface area contributed by atoms with Crippen LogP contribution in [0.1, 0.15) is 12.8 Å². The molecule has 94 valence electrons. The Labute approximate surface area is 100 Å². The van der Waals surface area contributed by atoms with Crippen molar-refractivity contribution in [3.8, 4) is 0 Å². The van der Waals surface area contributed by atoms with E-state index in [1.807, 2.05) is 0 Å². The SMILES string of the molecule is Nc1cccnc1S(=O)(=O)NC1CCOCC1. The first-order chi connectivity index (χ1) is 8.09. The number of rotatable bonds is 3. The van der Waals surface area contributed by atoms with E-state index in [1.54, 1.807) is 6.07 Å². The highest BCUT2D eigenvalue weighted by Gasteiger charge is 2.24. The number of anilines is 1. The number of pyridine rings is 1. The smallest absolute Gasteiger partial charge is 0.260 e. The summed E-state index contributed by atoms with van der Waals surface area (Å²) < 4.78 is 31.8. The zero-order chi connectivity index (χ0) is 12.3. The second-order valence-corrected chi connectivity index (χ2v) is 5.53. The molecule has 1 saturated heterocycles. The highest BCUT2D eigenvalue weighted by molar-refractivity contribution is 7.89. The molecular formula is C10H15N3O3S. The van der Waals surface area contributed by atoms with Gasteiger partial charge in [0, 0.05) is 25.5 Å². The molecule has 1 aliphatic heterocycles. The molecule has 2 rings (SSSR count). The first kappa shape index (κ1) is 12.3. The third-order valence-electron chi connectivity index (χ3n) is 2.60. The highest BCUT2D eigenvalue weighted by atomic mass is 32.2. The fourth-order valence-electron chi connectivity index (χ4n) is 1.72. The lowest BCUT2D eigenvalue weighted by Gasteiger charge is -2.22. The van der Waals surface area contributed by atoms with Gasteiger partial charge in [0.1, 0.15) is 0 Å². The van der Waals surface area contributed by atoms with Crippen LogP contribution < -0.4 is 10.5 Å². The number of nitrogens with zero attached hydrogens (tertiary/aromatic N) is 1. The average Bonchev–Trinajstić information content (AvgIpc) is 2.30. The first-order valence-corrected chi connectivity index (χ1v) is 6.88. The summed E-state index contributed by atoms with van der Waals surface area (Å²) in [5, 5.41) is -0.105. The summed E-state index contributed by atoms with van der Waals surface area (Å²) in [5.41, 5.74) is 5.76. The Morgan fingerprint density at radius 1 is 1.41 bits per heavy atom. The van der Waals surface area contributed by atoms with Crippen LogP contribution in [0.3, 0.4) is 0 Å². The maximum atomic E-state index is 12.0. The van der Waals surface area contributed by atoms with Gasteiger partial charge in [-0.3, -0.25) is 0 Å². The fourth-order valence-corrected chi connectivity index (χ4v) is 3.08. The number of nitrogens with two attached hydrogens (primary N) is 1. The van der Waals surface area contributed by atoms with Crippen molar-refractivity contribution in [2.75, 3.05) is 18.9 Å². The Kier molecular flexibility index (Phi) is 3.60. The number of hydrogen-bond acceptors (Lipinski definition) is 5. The second kappa shape index (κ2) is 4.99. The van der Waals surface area contributed by atoms with Crippen LogP contribution in [0.5, 0.6) is 0 Å². The Hall–Kier alpha value is -1.18. The van der Waals surface area contributed by atoms with Crippen molar-refractivity contribution in [3.05, 3.63) is 18.3 Å². The molecule has 3 N–H and O–H groups in total. The molecule has 0 amide bonds. The van der Waals surface area contributed by atoms with E-state index >= 15 is 0 Å². The number of nitrogen functional groups attached to an aromatic ring is 1. The van der Waals surface area contributed by atoms with Gasteiger partial charge < -0.3 is 10.5 Å². The summed E-state index contributed by atoms with van der Waals surface area (Å²) in [6.07, 6.45) is 2.76. The molecule has 6 nitrogen and oxygen atoms in total. The van der Waals surface area contributed by atoms with Crippen molar-refractivity contribution in [2.24, 2.45) is 0 Å². The van der Waals surface area contributed by atoms with Gasteiger partial charge in [-0.25, -0.2) is 18.1 Å². The second-order valence-electron chi connectivity index (χ2n) is 3.91. The average molecular weight is 257 g/mol. The first-order valence-electron chi connectivity index (χ1n) is 5.40. The summed E-state index contributed by atoms with van der Waals surface area (Å²) in [6, 6.07) is 3.02. The maximum Gasteiger partial charge on any atom is 0.260 e. The lowest BCUT2D eigenvalue weighted by atomic mass is 10.1. The summed E-state index contributed by atoms with van der Waals surface area (Å²) in [4.78, 5) is 3.81. The normalized spacial score (nSPS) is 18.1. The van der Waals surface area contributed by atoms with Crippen molar-refractivity contribution in [1.82, 2.24) is 9.71 Å². The Balaban J connectivity index is 2.16. The summed E-state index contributed by atoms with van der Waals surface area (Å²) in [6.45, 7) is 1.15. The van der Waals surface area contributed by atoms with E-state index in [2.05, 4.69) is 9.71 Å². The molecule has 1 fully saturated rings. The van der Waals surface area contributed by atoms with Gasteiger partial charge in [-0.1, -0.05) is 0 Å². The van der Waals surface area contributed by atoms with Crippen molar-refractivity contribution in [1.29, 1.82) is 0 Å². The predicted octanol–water partition coefficient (Wildman–Crippen LogP) is 0.121. The van der Waals surface area contributed by atoms with Crippen LogP contribution in [0.15, 0.2) is 23.4 Å². The van der Waals surface area contributed by atoms with Gasteiger partial charge in [0.2, 0.25) is 0 Å². The number of nitrogens with one attached hydrogen (secondary N) is 1. The number of hydrogen-bond donors (Lipinski definition) is 2. The molecule has 17 heavy (non-hydrogen) atoms. The molecule has 0 aliphatic carbocycles. The zero-order valence-corrected chi connectivity index (χ0v) is 10.1. The summed E-state index contributed by atoms with van der Waals surface area (Å²) in [5.74, 6) is 0. The summed E-state index contributed by atoms with van der Waals surface area (Å²) in [7, 11) is -3.63. The van der Waals surface area contributed by atoms with Crippen LogP contribution in [-0.4, -0.2) is 32.7 Å². The molecule has 2 heterocycles. The molecule has 1 aliphatic rings. The fraction of sp³-hybridized carbons (Fsp3) is 0.500. The molecule has 0 radical (unpaired) electrons. The minimum absolute atomic E-state index is 0.102. The van der Waals surface area contributed by atoms with Crippen molar-refractivity contribution in [2.45, 2.75) is 23.9 Å². The van der Waals surface area contributed by atoms with E-state index in [9.17, 15) is 8.42 Å². The van der Waals surface area contributed by atoms with E-state index in [0.29, 0.717) is 26.1 Å². The number of aromatic nitrogens is 1. The van der Waals surface area contributed by atoms with Gasteiger partial charge in [-0.15, -0.1) is 0 Å². The van der Waals surface area contributed by atoms with E-state index in [4.69, 9.17) is 10.5 Å². The molecule has 0 aromatic carbocycles. The number of sulfonamides is 1. The van der Waals surface area contributed by atoms with E-state index in [1.165, 1.54) is 12.3 Å². The molecule has 0 atom stereocenters. The van der Waals surface area contributed by atoms with Crippen molar-refractivity contribution in [3.63, 3.8) is 0 Å². The van der Waals surface area contributed by atoms with Crippen LogP contribution in [0, 0.1) is 0 Å². The number of ether oxygens (including phenoxy) is 1. The molecule has 1 aromatic rings. The quantitative estimate of drug-likeness (QED) is 0.802. The molecule has 1 aromatic heterocycles. The third-order valence-corrected chi connectivity index (χ3v) is 4.09. The minimum atomic E-state index is -3.63. The molecule has 0 saturated carbocycles. The van der Waals surface area contributed by atoms with E-state index in [0.717, 1.165) is 0 Å². The van der Waals surface area contributed by atoms with Crippen molar-refractivity contribution < 1.29 is 13.2 Å². The molecule has 0 bridgehead atoms. The van der Waals surface area contributed by atoms with E-state index < -0.39 is 10.0 Å². The monoisotopic (exact) mass is 257 g/mol. The van der Waals surface area contributed by atoms with Crippen LogP contribution in [-0.2, 0) is 14.8 Å². The largest absolute Gasteiger partial charge is 0.396 e. The van der Waals surface area contributed by atoms with E-state index in [-0.39, 0.29) is 16.8 Å². The van der Waals surface area contributed by atoms with Gasteiger partial charge in [0.15, 0.2) is 5.03 Å². The Morgan fingerprint density at radius 2 is 2.12 bits per heavy atom. The van der Waals surface area contributed by atoms with Gasteiger partial charge in [0.25, 0.3) is 10.0 Å². The predicted molar refractivity (Wildman–Crippen MR) is 62.8 cm³/mol. The molecular weight excluding hydrogens is 242 g/mol. The van der Waals surface area contributed by atoms with Crippen LogP contribution >= 0.6 is 0 Å². The topological polar surface area (TPSA) is 94.3 Å². The lowest BCUT2D eigenvalue weighted by Crippen LogP contribution is -2.39. The standard InChI is InChI=1S/C10H15N3O3S/c11-9-2-1-5-12-10(9)17(14,15)13-8-3-6-16-7-4-8/h1-2,5,8,13H,3-4,6-7,11H2. The highest BCUT2D eigenvalue weighted by Crippen LogP contribution is 2.16. The Morgan fingerprint density at radius 3 is 2.76 bits per heavy atom.